The first-order valence-electron chi connectivity index (χ1n) is 9.88. The van der Waals surface area contributed by atoms with Crippen LogP contribution in [0.25, 0.3) is 0 Å². The molecule has 0 radical (unpaired) electrons. The summed E-state index contributed by atoms with van der Waals surface area (Å²) in [4.78, 5) is 23.2. The van der Waals surface area contributed by atoms with E-state index in [0.29, 0.717) is 25.7 Å². The van der Waals surface area contributed by atoms with Gasteiger partial charge in [-0.1, -0.05) is 36.4 Å². The first-order chi connectivity index (χ1) is 13.9. The van der Waals surface area contributed by atoms with Gasteiger partial charge in [0.25, 0.3) is 0 Å². The highest BCUT2D eigenvalue weighted by molar-refractivity contribution is 5.87. The van der Waals surface area contributed by atoms with E-state index in [4.69, 9.17) is 5.11 Å². The molecule has 0 heterocycles. The van der Waals surface area contributed by atoms with E-state index in [1.54, 1.807) is 42.5 Å². The van der Waals surface area contributed by atoms with Crippen LogP contribution in [0.2, 0.25) is 0 Å². The number of aliphatic hydroxyl groups excluding tert-OH is 1. The quantitative estimate of drug-likeness (QED) is 0.656. The fraction of sp³-hybridized carbons (Fsp3) is 0.333. The number of carboxylic acids is 1. The van der Waals surface area contributed by atoms with Crippen molar-refractivity contribution in [2.24, 2.45) is 11.8 Å². The molecule has 3 rings (SSSR count). The van der Waals surface area contributed by atoms with Crippen molar-refractivity contribution >= 4 is 11.8 Å². The van der Waals surface area contributed by atoms with E-state index < -0.39 is 12.1 Å². The Kier molecular flexibility index (Phi) is 6.94. The molecule has 0 saturated heterocycles. The number of Topliss-reactive ketones (excluding diaryl/α,β-unsaturated/α-hetero) is 1. The van der Waals surface area contributed by atoms with Crippen LogP contribution in [0.1, 0.15) is 40.7 Å². The van der Waals surface area contributed by atoms with Crippen molar-refractivity contribution in [3.63, 3.8) is 0 Å². The van der Waals surface area contributed by atoms with E-state index in [0.717, 1.165) is 17.5 Å². The Morgan fingerprint density at radius 1 is 1.10 bits per heavy atom. The second-order valence-electron chi connectivity index (χ2n) is 7.60. The molecule has 0 spiro atoms. The third-order valence-corrected chi connectivity index (χ3v) is 5.54. The molecule has 1 aliphatic carbocycles. The molecule has 1 saturated carbocycles. The van der Waals surface area contributed by atoms with Crippen molar-refractivity contribution in [2.75, 3.05) is 0 Å². The summed E-state index contributed by atoms with van der Waals surface area (Å²) < 4.78 is 13.0. The van der Waals surface area contributed by atoms with Gasteiger partial charge in [-0.2, -0.15) is 0 Å². The Balaban J connectivity index is 1.55. The highest BCUT2D eigenvalue weighted by atomic mass is 19.1. The second kappa shape index (κ2) is 9.61. The maximum atomic E-state index is 13.0. The molecule has 0 aliphatic heterocycles. The number of carboxylic acid groups (broad SMARTS) is 1. The number of benzene rings is 2. The topological polar surface area (TPSA) is 74.6 Å². The third-order valence-electron chi connectivity index (χ3n) is 5.54. The summed E-state index contributed by atoms with van der Waals surface area (Å²) in [7, 11) is 0. The molecular weight excluding hydrogens is 371 g/mol. The first-order valence-corrected chi connectivity index (χ1v) is 9.88. The zero-order valence-electron chi connectivity index (χ0n) is 16.1. The number of aryl methyl sites for hydroxylation is 1. The van der Waals surface area contributed by atoms with Crippen LogP contribution in [0.3, 0.4) is 0 Å². The Bertz CT molecular complexity index is 871. The van der Waals surface area contributed by atoms with Gasteiger partial charge < -0.3 is 10.2 Å². The van der Waals surface area contributed by atoms with Crippen LogP contribution >= 0.6 is 0 Å². The summed E-state index contributed by atoms with van der Waals surface area (Å²) in [6, 6.07) is 12.8. The van der Waals surface area contributed by atoms with Gasteiger partial charge in [-0.05, 0) is 60.6 Å². The standard InChI is InChI=1S/C24H25FO4/c25-20-10-3-17(4-11-20)15-21(26)12-8-18-9-14-23(27)22(18)13-5-16-1-6-19(7-2-16)24(28)29/h1-4,6-8,10-12,18,21-22,26H,5,9,13-15H2,(H,28,29)/b12-8+/t18?,21?,22-/m1/s1. The lowest BCUT2D eigenvalue weighted by Gasteiger charge is -2.16. The van der Waals surface area contributed by atoms with Crippen LogP contribution in [-0.4, -0.2) is 28.1 Å². The number of ketones is 1. The summed E-state index contributed by atoms with van der Waals surface area (Å²) in [5, 5.41) is 19.2. The highest BCUT2D eigenvalue weighted by Crippen LogP contribution is 2.33. The van der Waals surface area contributed by atoms with Crippen LogP contribution < -0.4 is 0 Å². The second-order valence-corrected chi connectivity index (χ2v) is 7.60. The average molecular weight is 396 g/mol. The lowest BCUT2D eigenvalue weighted by atomic mass is 9.88. The number of aromatic carboxylic acids is 1. The van der Waals surface area contributed by atoms with Crippen molar-refractivity contribution in [1.82, 2.24) is 0 Å². The SMILES string of the molecule is O=C(O)c1ccc(CC[C@H]2C(=O)CCC2/C=C/C(O)Cc2ccc(F)cc2)cc1. The molecule has 2 N–H and O–H groups in total. The molecule has 4 nitrogen and oxygen atoms in total. The zero-order valence-corrected chi connectivity index (χ0v) is 16.1. The van der Waals surface area contributed by atoms with Crippen molar-refractivity contribution in [2.45, 2.75) is 38.2 Å². The molecule has 0 amide bonds. The molecule has 3 atom stereocenters. The fourth-order valence-electron chi connectivity index (χ4n) is 3.88. The van der Waals surface area contributed by atoms with Gasteiger partial charge in [0.05, 0.1) is 11.7 Å². The van der Waals surface area contributed by atoms with E-state index >= 15 is 0 Å². The van der Waals surface area contributed by atoms with Gasteiger partial charge >= 0.3 is 5.97 Å². The van der Waals surface area contributed by atoms with Crippen molar-refractivity contribution in [3.8, 4) is 0 Å². The van der Waals surface area contributed by atoms with Crippen LogP contribution in [0.4, 0.5) is 4.39 Å². The van der Waals surface area contributed by atoms with Gasteiger partial charge in [0.15, 0.2) is 0 Å². The largest absolute Gasteiger partial charge is 0.478 e. The number of hydrogen-bond donors (Lipinski definition) is 2. The van der Waals surface area contributed by atoms with Gasteiger partial charge in [0.2, 0.25) is 0 Å². The Labute approximate surface area is 169 Å². The van der Waals surface area contributed by atoms with Gasteiger partial charge in [-0.3, -0.25) is 4.79 Å². The van der Waals surface area contributed by atoms with Crippen molar-refractivity contribution in [1.29, 1.82) is 0 Å². The van der Waals surface area contributed by atoms with E-state index in [9.17, 15) is 19.1 Å². The minimum Gasteiger partial charge on any atom is -0.478 e. The summed E-state index contributed by atoms with van der Waals surface area (Å²) in [6.07, 6.45) is 6.14. The summed E-state index contributed by atoms with van der Waals surface area (Å²) >= 11 is 0. The smallest absolute Gasteiger partial charge is 0.335 e. The van der Waals surface area contributed by atoms with E-state index in [-0.39, 0.29) is 29.0 Å². The van der Waals surface area contributed by atoms with Crippen LogP contribution in [-0.2, 0) is 17.6 Å². The summed E-state index contributed by atoms with van der Waals surface area (Å²) in [5.41, 5.74) is 2.11. The monoisotopic (exact) mass is 396 g/mol. The number of hydrogen-bond acceptors (Lipinski definition) is 3. The molecular formula is C24H25FO4. The van der Waals surface area contributed by atoms with Gasteiger partial charge in [-0.25, -0.2) is 9.18 Å². The Morgan fingerprint density at radius 3 is 2.41 bits per heavy atom. The predicted molar refractivity (Wildman–Crippen MR) is 108 cm³/mol. The van der Waals surface area contributed by atoms with Crippen LogP contribution in [0.5, 0.6) is 0 Å². The van der Waals surface area contributed by atoms with Crippen LogP contribution in [0.15, 0.2) is 60.7 Å². The molecule has 29 heavy (non-hydrogen) atoms. The molecule has 1 aliphatic rings. The van der Waals surface area contributed by atoms with E-state index in [1.807, 2.05) is 6.08 Å². The summed E-state index contributed by atoms with van der Waals surface area (Å²) in [6.45, 7) is 0. The summed E-state index contributed by atoms with van der Waals surface area (Å²) in [5.74, 6) is -0.988. The lowest BCUT2D eigenvalue weighted by molar-refractivity contribution is -0.121. The maximum Gasteiger partial charge on any atom is 0.335 e. The Morgan fingerprint density at radius 2 is 1.76 bits per heavy atom. The minimum absolute atomic E-state index is 0.0802. The van der Waals surface area contributed by atoms with Gasteiger partial charge in [0.1, 0.15) is 11.6 Å². The minimum atomic E-state index is -0.952. The molecule has 0 aromatic heterocycles. The molecule has 1 fully saturated rings. The van der Waals surface area contributed by atoms with Gasteiger partial charge in [0, 0.05) is 18.8 Å². The molecule has 2 aromatic rings. The van der Waals surface area contributed by atoms with Crippen molar-refractivity contribution in [3.05, 3.63) is 83.2 Å². The number of carbonyl (C=O) groups is 2. The van der Waals surface area contributed by atoms with Gasteiger partial charge in [-0.15, -0.1) is 0 Å². The van der Waals surface area contributed by atoms with E-state index in [1.165, 1.54) is 12.1 Å². The number of rotatable bonds is 8. The van der Waals surface area contributed by atoms with Crippen LogP contribution in [0, 0.1) is 17.7 Å². The molecule has 0 bridgehead atoms. The third kappa shape index (κ3) is 5.84. The lowest BCUT2D eigenvalue weighted by Crippen LogP contribution is -2.15. The number of allylic oxidation sites excluding steroid dienone is 1. The number of halogens is 1. The number of carbonyl (C=O) groups excluding carboxylic acids is 1. The average Bonchev–Trinajstić information content (AvgIpc) is 3.06. The normalized spacial score (nSPS) is 20.3. The molecule has 2 unspecified atom stereocenters. The maximum absolute atomic E-state index is 13.0. The fourth-order valence-corrected chi connectivity index (χ4v) is 3.88. The van der Waals surface area contributed by atoms with Crippen molar-refractivity contribution < 1.29 is 24.2 Å². The van der Waals surface area contributed by atoms with E-state index in [2.05, 4.69) is 0 Å². The molecule has 2 aromatic carbocycles. The molecule has 5 heteroatoms. The predicted octanol–water partition coefficient (Wildman–Crippen LogP) is 4.21. The molecule has 152 valence electrons. The number of aliphatic hydroxyl groups is 1. The first kappa shape index (κ1) is 20.9. The Hall–Kier alpha value is -2.79. The zero-order chi connectivity index (χ0) is 20.8. The highest BCUT2D eigenvalue weighted by Gasteiger charge is 2.32.